The van der Waals surface area contributed by atoms with Crippen LogP contribution in [0.1, 0.15) is 48.9 Å². The van der Waals surface area contributed by atoms with E-state index in [9.17, 15) is 4.79 Å². The van der Waals surface area contributed by atoms with Crippen LogP contribution < -0.4 is 10.2 Å². The first kappa shape index (κ1) is 20.2. The molecule has 0 bridgehead atoms. The van der Waals surface area contributed by atoms with E-state index in [-0.39, 0.29) is 11.9 Å². The lowest BCUT2D eigenvalue weighted by atomic mass is 9.96. The first-order valence-electron chi connectivity index (χ1n) is 11.3. The number of morpholine rings is 1. The van der Waals surface area contributed by atoms with Crippen molar-refractivity contribution in [1.82, 2.24) is 20.2 Å². The van der Waals surface area contributed by atoms with E-state index in [0.717, 1.165) is 76.8 Å². The van der Waals surface area contributed by atoms with Crippen LogP contribution in [0.25, 0.3) is 10.2 Å². The van der Waals surface area contributed by atoms with E-state index in [2.05, 4.69) is 15.1 Å². The molecule has 2 aromatic rings. The van der Waals surface area contributed by atoms with Crippen molar-refractivity contribution in [1.29, 1.82) is 0 Å². The summed E-state index contributed by atoms with van der Waals surface area (Å²) in [4.78, 5) is 29.1. The SMILES string of the molecule is CC(=O)NC1CCN(c2nc(CN3CCOCC3)nc3sc4c(c23)CCCC4)CC1. The molecule has 1 amide bonds. The van der Waals surface area contributed by atoms with Crippen molar-refractivity contribution in [2.75, 3.05) is 44.3 Å². The number of aryl methyl sites for hydroxylation is 2. The Morgan fingerprint density at radius 3 is 2.67 bits per heavy atom. The highest BCUT2D eigenvalue weighted by Gasteiger charge is 2.27. The number of piperidine rings is 1. The van der Waals surface area contributed by atoms with Gasteiger partial charge in [-0.2, -0.15) is 0 Å². The van der Waals surface area contributed by atoms with Crippen LogP contribution in [0.4, 0.5) is 5.82 Å². The third kappa shape index (κ3) is 4.18. The van der Waals surface area contributed by atoms with Gasteiger partial charge in [0.2, 0.25) is 5.91 Å². The molecule has 8 heteroatoms. The molecule has 30 heavy (non-hydrogen) atoms. The monoisotopic (exact) mass is 429 g/mol. The van der Waals surface area contributed by atoms with Gasteiger partial charge in [-0.1, -0.05) is 0 Å². The number of nitrogens with one attached hydrogen (secondary N) is 1. The summed E-state index contributed by atoms with van der Waals surface area (Å²) in [6.07, 6.45) is 6.81. The summed E-state index contributed by atoms with van der Waals surface area (Å²) in [6, 6.07) is 0.278. The average molecular weight is 430 g/mol. The van der Waals surface area contributed by atoms with Gasteiger partial charge in [0.15, 0.2) is 0 Å². The molecule has 0 radical (unpaired) electrons. The number of ether oxygens (including phenoxy) is 1. The molecule has 0 spiro atoms. The molecule has 0 atom stereocenters. The minimum Gasteiger partial charge on any atom is -0.379 e. The van der Waals surface area contributed by atoms with Crippen LogP contribution in [0.3, 0.4) is 0 Å². The number of hydrogen-bond donors (Lipinski definition) is 1. The molecule has 5 rings (SSSR count). The van der Waals surface area contributed by atoms with Crippen LogP contribution in [0.15, 0.2) is 0 Å². The molecule has 2 aromatic heterocycles. The van der Waals surface area contributed by atoms with Crippen LogP contribution in [0, 0.1) is 0 Å². The molecule has 4 heterocycles. The van der Waals surface area contributed by atoms with Gasteiger partial charge in [-0.25, -0.2) is 9.97 Å². The molecule has 1 N–H and O–H groups in total. The summed E-state index contributed by atoms with van der Waals surface area (Å²) in [7, 11) is 0. The maximum absolute atomic E-state index is 11.4. The Hall–Kier alpha value is -1.77. The second kappa shape index (κ2) is 8.77. The van der Waals surface area contributed by atoms with Gasteiger partial charge in [0.05, 0.1) is 25.1 Å². The van der Waals surface area contributed by atoms with Gasteiger partial charge in [0, 0.05) is 44.0 Å². The fourth-order valence-corrected chi connectivity index (χ4v) is 6.24. The Morgan fingerprint density at radius 2 is 1.90 bits per heavy atom. The molecule has 3 aliphatic rings. The number of fused-ring (bicyclic) bond motifs is 3. The van der Waals surface area contributed by atoms with Crippen LogP contribution in [-0.4, -0.2) is 66.2 Å². The maximum Gasteiger partial charge on any atom is 0.217 e. The van der Waals surface area contributed by atoms with E-state index in [1.165, 1.54) is 39.9 Å². The summed E-state index contributed by atoms with van der Waals surface area (Å²) in [5, 5.41) is 4.39. The van der Waals surface area contributed by atoms with Gasteiger partial charge in [0.25, 0.3) is 0 Å². The van der Waals surface area contributed by atoms with E-state index in [1.54, 1.807) is 6.92 Å². The molecule has 7 nitrogen and oxygen atoms in total. The van der Waals surface area contributed by atoms with Gasteiger partial charge in [-0.3, -0.25) is 9.69 Å². The molecular formula is C22H31N5O2S. The van der Waals surface area contributed by atoms with Crippen LogP contribution in [-0.2, 0) is 28.9 Å². The van der Waals surface area contributed by atoms with Gasteiger partial charge in [-0.15, -0.1) is 11.3 Å². The van der Waals surface area contributed by atoms with Crippen molar-refractivity contribution in [3.05, 3.63) is 16.3 Å². The lowest BCUT2D eigenvalue weighted by Gasteiger charge is -2.34. The molecule has 2 aliphatic heterocycles. The van der Waals surface area contributed by atoms with Gasteiger partial charge in [0.1, 0.15) is 16.5 Å². The van der Waals surface area contributed by atoms with Crippen molar-refractivity contribution in [2.24, 2.45) is 0 Å². The average Bonchev–Trinajstić information content (AvgIpc) is 3.12. The molecule has 2 saturated heterocycles. The second-order valence-electron chi connectivity index (χ2n) is 8.70. The molecule has 0 unspecified atom stereocenters. The standard InChI is InChI=1S/C22H31N5O2S/c1-15(28)23-16-6-8-27(9-7-16)21-20-17-4-2-3-5-18(17)30-22(20)25-19(24-21)14-26-10-12-29-13-11-26/h16H,2-14H2,1H3,(H,23,28). The highest BCUT2D eigenvalue weighted by atomic mass is 32.1. The third-order valence-corrected chi connectivity index (χ3v) is 7.70. The Labute approximate surface area is 181 Å². The number of thiophene rings is 1. The Bertz CT molecular complexity index is 916. The van der Waals surface area contributed by atoms with Crippen molar-refractivity contribution in [3.63, 3.8) is 0 Å². The Morgan fingerprint density at radius 1 is 1.13 bits per heavy atom. The molecule has 0 aromatic carbocycles. The lowest BCUT2D eigenvalue weighted by molar-refractivity contribution is -0.119. The van der Waals surface area contributed by atoms with Crippen molar-refractivity contribution >= 4 is 33.3 Å². The number of rotatable bonds is 4. The van der Waals surface area contributed by atoms with E-state index >= 15 is 0 Å². The van der Waals surface area contributed by atoms with E-state index < -0.39 is 0 Å². The summed E-state index contributed by atoms with van der Waals surface area (Å²) in [5.41, 5.74) is 1.50. The predicted octanol–water partition coefficient (Wildman–Crippen LogP) is 2.51. The summed E-state index contributed by atoms with van der Waals surface area (Å²) in [6.45, 7) is 7.72. The first-order chi connectivity index (χ1) is 14.7. The van der Waals surface area contributed by atoms with Gasteiger partial charge >= 0.3 is 0 Å². The van der Waals surface area contributed by atoms with Crippen LogP contribution in [0.5, 0.6) is 0 Å². The smallest absolute Gasteiger partial charge is 0.217 e. The van der Waals surface area contributed by atoms with Crippen LogP contribution in [0.2, 0.25) is 0 Å². The van der Waals surface area contributed by atoms with Gasteiger partial charge in [-0.05, 0) is 44.1 Å². The second-order valence-corrected chi connectivity index (χ2v) is 9.79. The number of hydrogen-bond acceptors (Lipinski definition) is 7. The molecule has 0 saturated carbocycles. The Kier molecular flexibility index (Phi) is 5.89. The Balaban J connectivity index is 1.46. The number of nitrogens with zero attached hydrogens (tertiary/aromatic N) is 4. The minimum absolute atomic E-state index is 0.0672. The predicted molar refractivity (Wildman–Crippen MR) is 119 cm³/mol. The minimum atomic E-state index is 0.0672. The zero-order chi connectivity index (χ0) is 20.5. The van der Waals surface area contributed by atoms with Gasteiger partial charge < -0.3 is 15.0 Å². The molecular weight excluding hydrogens is 398 g/mol. The summed E-state index contributed by atoms with van der Waals surface area (Å²) < 4.78 is 5.50. The zero-order valence-corrected chi connectivity index (χ0v) is 18.6. The lowest BCUT2D eigenvalue weighted by Crippen LogP contribution is -2.44. The maximum atomic E-state index is 11.4. The first-order valence-corrected chi connectivity index (χ1v) is 12.1. The number of amides is 1. The number of carbonyl (C=O) groups is 1. The highest BCUT2D eigenvalue weighted by Crippen LogP contribution is 2.40. The third-order valence-electron chi connectivity index (χ3n) is 6.51. The summed E-state index contributed by atoms with van der Waals surface area (Å²) in [5.74, 6) is 2.13. The van der Waals surface area contributed by atoms with E-state index in [1.807, 2.05) is 11.3 Å². The molecule has 1 aliphatic carbocycles. The fraction of sp³-hybridized carbons (Fsp3) is 0.682. The molecule has 2 fully saturated rings. The normalized spacial score (nSPS) is 21.0. The zero-order valence-electron chi connectivity index (χ0n) is 17.8. The molecule has 162 valence electrons. The highest BCUT2D eigenvalue weighted by molar-refractivity contribution is 7.19. The fourth-order valence-electron chi connectivity index (χ4n) is 4.96. The van der Waals surface area contributed by atoms with Crippen molar-refractivity contribution in [3.8, 4) is 0 Å². The topological polar surface area (TPSA) is 70.6 Å². The number of carbonyl (C=O) groups excluding carboxylic acids is 1. The van der Waals surface area contributed by atoms with Crippen molar-refractivity contribution < 1.29 is 9.53 Å². The summed E-state index contributed by atoms with van der Waals surface area (Å²) >= 11 is 1.89. The number of aromatic nitrogens is 2. The van der Waals surface area contributed by atoms with Crippen LogP contribution >= 0.6 is 11.3 Å². The largest absolute Gasteiger partial charge is 0.379 e. The van der Waals surface area contributed by atoms with E-state index in [4.69, 9.17) is 14.7 Å². The number of anilines is 1. The quantitative estimate of drug-likeness (QED) is 0.805. The van der Waals surface area contributed by atoms with E-state index in [0.29, 0.717) is 0 Å². The van der Waals surface area contributed by atoms with Crippen molar-refractivity contribution in [2.45, 2.75) is 58.0 Å².